The van der Waals surface area contributed by atoms with Gasteiger partial charge in [0.25, 0.3) is 0 Å². The minimum absolute atomic E-state index is 0.279. The number of nitrogens with one attached hydrogen (secondary N) is 1. The van der Waals surface area contributed by atoms with E-state index in [1.165, 1.54) is 7.11 Å². The first-order valence-corrected chi connectivity index (χ1v) is 7.01. The highest BCUT2D eigenvalue weighted by Crippen LogP contribution is 2.19. The molecule has 0 aliphatic rings. The molecule has 0 saturated heterocycles. The first-order chi connectivity index (χ1) is 10.3. The van der Waals surface area contributed by atoms with Gasteiger partial charge in [0.15, 0.2) is 11.6 Å². The summed E-state index contributed by atoms with van der Waals surface area (Å²) in [6.45, 7) is 1.88. The summed E-state index contributed by atoms with van der Waals surface area (Å²) in [5.74, 6) is 0.853. The maximum Gasteiger partial charge on any atom is 0.169 e. The molecule has 112 valence electrons. The SMILES string of the molecule is COc1cccc(CNCCCOc2ccccc2)c1F. The Morgan fingerprint density at radius 3 is 2.62 bits per heavy atom. The fourth-order valence-corrected chi connectivity index (χ4v) is 1.98. The van der Waals surface area contributed by atoms with E-state index in [9.17, 15) is 4.39 Å². The Morgan fingerprint density at radius 1 is 1.05 bits per heavy atom. The number of hydrogen-bond acceptors (Lipinski definition) is 3. The lowest BCUT2D eigenvalue weighted by Gasteiger charge is -2.09. The van der Waals surface area contributed by atoms with Gasteiger partial charge in [0, 0.05) is 12.1 Å². The Morgan fingerprint density at radius 2 is 1.86 bits per heavy atom. The Balaban J connectivity index is 1.66. The maximum atomic E-state index is 13.9. The number of ether oxygens (including phenoxy) is 2. The summed E-state index contributed by atoms with van der Waals surface area (Å²) in [5, 5.41) is 3.20. The molecule has 0 spiro atoms. The van der Waals surface area contributed by atoms with Crippen LogP contribution in [-0.2, 0) is 6.54 Å². The number of methoxy groups -OCH3 is 1. The Kier molecular flexibility index (Phi) is 6.03. The summed E-state index contributed by atoms with van der Waals surface area (Å²) in [6, 6.07) is 14.9. The van der Waals surface area contributed by atoms with Crippen molar-refractivity contribution >= 4 is 0 Å². The summed E-state index contributed by atoms with van der Waals surface area (Å²) in [7, 11) is 1.47. The van der Waals surface area contributed by atoms with Crippen LogP contribution >= 0.6 is 0 Å². The fraction of sp³-hybridized carbons (Fsp3) is 0.294. The van der Waals surface area contributed by atoms with Gasteiger partial charge in [0.1, 0.15) is 5.75 Å². The van der Waals surface area contributed by atoms with Gasteiger partial charge in [-0.3, -0.25) is 0 Å². The molecule has 0 bridgehead atoms. The summed E-state index contributed by atoms with van der Waals surface area (Å²) < 4.78 is 24.4. The lowest BCUT2D eigenvalue weighted by molar-refractivity contribution is 0.308. The molecule has 0 fully saturated rings. The number of para-hydroxylation sites is 1. The molecule has 1 N–H and O–H groups in total. The van der Waals surface area contributed by atoms with Crippen molar-refractivity contribution in [3.8, 4) is 11.5 Å². The van der Waals surface area contributed by atoms with E-state index in [0.717, 1.165) is 18.7 Å². The predicted molar refractivity (Wildman–Crippen MR) is 81.2 cm³/mol. The zero-order chi connectivity index (χ0) is 14.9. The smallest absolute Gasteiger partial charge is 0.169 e. The topological polar surface area (TPSA) is 30.5 Å². The molecule has 4 heteroatoms. The van der Waals surface area contributed by atoms with Crippen molar-refractivity contribution in [1.29, 1.82) is 0 Å². The number of halogens is 1. The third-order valence-electron chi connectivity index (χ3n) is 3.09. The molecule has 0 aliphatic carbocycles. The zero-order valence-electron chi connectivity index (χ0n) is 12.1. The van der Waals surface area contributed by atoms with Gasteiger partial charge in [-0.15, -0.1) is 0 Å². The number of hydrogen-bond donors (Lipinski definition) is 1. The van der Waals surface area contributed by atoms with Crippen molar-refractivity contribution in [1.82, 2.24) is 5.32 Å². The highest BCUT2D eigenvalue weighted by Gasteiger charge is 2.07. The van der Waals surface area contributed by atoms with E-state index in [-0.39, 0.29) is 11.6 Å². The largest absolute Gasteiger partial charge is 0.494 e. The second-order valence-corrected chi connectivity index (χ2v) is 4.63. The van der Waals surface area contributed by atoms with E-state index in [1.807, 2.05) is 30.3 Å². The van der Waals surface area contributed by atoms with E-state index < -0.39 is 0 Å². The van der Waals surface area contributed by atoms with Crippen LogP contribution in [0.2, 0.25) is 0 Å². The third kappa shape index (κ3) is 4.76. The van der Waals surface area contributed by atoms with Gasteiger partial charge in [0.2, 0.25) is 0 Å². The first-order valence-electron chi connectivity index (χ1n) is 7.01. The molecular formula is C17H20FNO2. The molecule has 3 nitrogen and oxygen atoms in total. The van der Waals surface area contributed by atoms with Crippen molar-refractivity contribution in [3.05, 3.63) is 59.9 Å². The Hall–Kier alpha value is -2.07. The van der Waals surface area contributed by atoms with E-state index in [4.69, 9.17) is 9.47 Å². The normalized spacial score (nSPS) is 10.4. The van der Waals surface area contributed by atoms with E-state index in [0.29, 0.717) is 18.7 Å². The van der Waals surface area contributed by atoms with Crippen molar-refractivity contribution < 1.29 is 13.9 Å². The molecule has 0 saturated carbocycles. The molecule has 2 rings (SSSR count). The van der Waals surface area contributed by atoms with Gasteiger partial charge >= 0.3 is 0 Å². The summed E-state index contributed by atoms with van der Waals surface area (Å²) >= 11 is 0. The molecule has 0 aliphatic heterocycles. The number of rotatable bonds is 8. The fourth-order valence-electron chi connectivity index (χ4n) is 1.98. The monoisotopic (exact) mass is 289 g/mol. The van der Waals surface area contributed by atoms with Crippen LogP contribution in [0.1, 0.15) is 12.0 Å². The molecule has 0 amide bonds. The van der Waals surface area contributed by atoms with Crippen LogP contribution in [0.4, 0.5) is 4.39 Å². The average Bonchev–Trinajstić information content (AvgIpc) is 2.53. The minimum atomic E-state index is -0.298. The van der Waals surface area contributed by atoms with Crippen molar-refractivity contribution in [2.75, 3.05) is 20.3 Å². The molecule has 0 atom stereocenters. The van der Waals surface area contributed by atoms with Crippen molar-refractivity contribution in [2.45, 2.75) is 13.0 Å². The predicted octanol–water partition coefficient (Wildman–Crippen LogP) is 3.39. The van der Waals surface area contributed by atoms with Crippen LogP contribution < -0.4 is 14.8 Å². The van der Waals surface area contributed by atoms with Crippen LogP contribution in [-0.4, -0.2) is 20.3 Å². The van der Waals surface area contributed by atoms with Crippen LogP contribution in [0.15, 0.2) is 48.5 Å². The highest BCUT2D eigenvalue weighted by atomic mass is 19.1. The molecule has 0 radical (unpaired) electrons. The quantitative estimate of drug-likeness (QED) is 0.756. The summed E-state index contributed by atoms with van der Waals surface area (Å²) in [5.41, 5.74) is 0.610. The van der Waals surface area contributed by atoms with Crippen molar-refractivity contribution in [2.24, 2.45) is 0 Å². The van der Waals surface area contributed by atoms with Gasteiger partial charge in [-0.05, 0) is 31.2 Å². The molecule has 0 unspecified atom stereocenters. The molecule has 2 aromatic carbocycles. The minimum Gasteiger partial charge on any atom is -0.494 e. The lowest BCUT2D eigenvalue weighted by Crippen LogP contribution is -2.18. The van der Waals surface area contributed by atoms with Crippen LogP contribution in [0.25, 0.3) is 0 Å². The van der Waals surface area contributed by atoms with Crippen molar-refractivity contribution in [3.63, 3.8) is 0 Å². The third-order valence-corrected chi connectivity index (χ3v) is 3.09. The molecule has 2 aromatic rings. The van der Waals surface area contributed by atoms with Gasteiger partial charge in [0.05, 0.1) is 13.7 Å². The molecule has 21 heavy (non-hydrogen) atoms. The van der Waals surface area contributed by atoms with Gasteiger partial charge in [-0.25, -0.2) is 4.39 Å². The second-order valence-electron chi connectivity index (χ2n) is 4.63. The van der Waals surface area contributed by atoms with Crippen LogP contribution in [0, 0.1) is 5.82 Å². The summed E-state index contributed by atoms with van der Waals surface area (Å²) in [4.78, 5) is 0. The van der Waals surface area contributed by atoms with Gasteiger partial charge in [-0.2, -0.15) is 0 Å². The standard InChI is InChI=1S/C17H20FNO2/c1-20-16-10-5-7-14(17(16)18)13-19-11-6-12-21-15-8-3-2-4-9-15/h2-5,7-10,19H,6,11-13H2,1H3. The molecule has 0 aromatic heterocycles. The van der Waals surface area contributed by atoms with Gasteiger partial charge in [-0.1, -0.05) is 30.3 Å². The Bertz CT molecular complexity index is 546. The van der Waals surface area contributed by atoms with Gasteiger partial charge < -0.3 is 14.8 Å². The van der Waals surface area contributed by atoms with E-state index in [2.05, 4.69) is 5.32 Å². The molecule has 0 heterocycles. The van der Waals surface area contributed by atoms with E-state index in [1.54, 1.807) is 18.2 Å². The maximum absolute atomic E-state index is 13.9. The zero-order valence-corrected chi connectivity index (χ0v) is 12.1. The Labute approximate surface area is 124 Å². The van der Waals surface area contributed by atoms with E-state index >= 15 is 0 Å². The average molecular weight is 289 g/mol. The molecular weight excluding hydrogens is 269 g/mol. The second kappa shape index (κ2) is 8.27. The highest BCUT2D eigenvalue weighted by molar-refractivity contribution is 5.30. The van der Waals surface area contributed by atoms with Crippen LogP contribution in [0.5, 0.6) is 11.5 Å². The lowest BCUT2D eigenvalue weighted by atomic mass is 10.2. The van der Waals surface area contributed by atoms with Crippen LogP contribution in [0.3, 0.4) is 0 Å². The summed E-state index contributed by atoms with van der Waals surface area (Å²) in [6.07, 6.45) is 0.862. The first kappa shape index (κ1) is 15.3. The number of benzene rings is 2.